The van der Waals surface area contributed by atoms with Gasteiger partial charge in [0.2, 0.25) is 0 Å². The van der Waals surface area contributed by atoms with E-state index in [1.807, 2.05) is 6.92 Å². The van der Waals surface area contributed by atoms with Gasteiger partial charge in [-0.3, -0.25) is 9.59 Å². The maximum Gasteiger partial charge on any atom is 0.265 e. The molecule has 14 heavy (non-hydrogen) atoms. The zero-order chi connectivity index (χ0) is 10.6. The summed E-state index contributed by atoms with van der Waals surface area (Å²) in [6.07, 6.45) is 2.97. The number of Topliss-reactive ketones (excluding diaryl/α,β-unsaturated/α-hetero) is 1. The number of ketones is 1. The summed E-state index contributed by atoms with van der Waals surface area (Å²) in [7, 11) is 0. The summed E-state index contributed by atoms with van der Waals surface area (Å²) >= 11 is 3.13. The third kappa shape index (κ3) is 2.80. The Labute approximate surface area is 90.9 Å². The van der Waals surface area contributed by atoms with Crippen molar-refractivity contribution in [3.8, 4) is 0 Å². The molecule has 0 amide bonds. The van der Waals surface area contributed by atoms with Crippen molar-refractivity contribution in [3.05, 3.63) is 33.2 Å². The molecule has 76 valence electrons. The Balaban J connectivity index is 2.82. The second kappa shape index (κ2) is 5.10. The highest BCUT2D eigenvalue weighted by Gasteiger charge is 2.04. The molecule has 0 saturated heterocycles. The van der Waals surface area contributed by atoms with E-state index in [0.717, 1.165) is 6.42 Å². The van der Waals surface area contributed by atoms with E-state index < -0.39 is 0 Å². The van der Waals surface area contributed by atoms with Crippen molar-refractivity contribution >= 4 is 21.7 Å². The fourth-order valence-electron chi connectivity index (χ4n) is 1.18. The molecule has 0 atom stereocenters. The number of carbonyl (C=O) groups excluding carboxylic acids is 1. The van der Waals surface area contributed by atoms with E-state index in [1.165, 1.54) is 4.57 Å². The van der Waals surface area contributed by atoms with Gasteiger partial charge < -0.3 is 4.57 Å². The molecule has 0 spiro atoms. The monoisotopic (exact) mass is 257 g/mol. The van der Waals surface area contributed by atoms with Crippen molar-refractivity contribution in [1.29, 1.82) is 0 Å². The van der Waals surface area contributed by atoms with Gasteiger partial charge in [0.05, 0.1) is 11.0 Å². The van der Waals surface area contributed by atoms with Crippen molar-refractivity contribution in [3.63, 3.8) is 0 Å². The molecule has 3 nitrogen and oxygen atoms in total. The summed E-state index contributed by atoms with van der Waals surface area (Å²) in [6, 6.07) is 3.41. The minimum atomic E-state index is -0.156. The normalized spacial score (nSPS) is 10.1. The van der Waals surface area contributed by atoms with Gasteiger partial charge in [0.1, 0.15) is 0 Å². The minimum Gasteiger partial charge on any atom is -0.307 e. The summed E-state index contributed by atoms with van der Waals surface area (Å²) in [6.45, 7) is 2.12. The second-order valence-electron chi connectivity index (χ2n) is 3.08. The molecule has 0 aliphatic heterocycles. The number of nitrogens with zero attached hydrogens (tertiary/aromatic N) is 1. The lowest BCUT2D eigenvalue weighted by Gasteiger charge is -2.03. The van der Waals surface area contributed by atoms with Crippen molar-refractivity contribution in [2.45, 2.75) is 26.3 Å². The molecule has 0 unspecified atom stereocenters. The van der Waals surface area contributed by atoms with E-state index in [2.05, 4.69) is 15.9 Å². The second-order valence-corrected chi connectivity index (χ2v) is 3.93. The van der Waals surface area contributed by atoms with Gasteiger partial charge in [-0.25, -0.2) is 0 Å². The number of hydrogen-bond donors (Lipinski definition) is 0. The van der Waals surface area contributed by atoms with Crippen LogP contribution in [-0.4, -0.2) is 10.4 Å². The van der Waals surface area contributed by atoms with Crippen LogP contribution in [0.1, 0.15) is 19.8 Å². The predicted octanol–water partition coefficient (Wildman–Crippen LogP) is 1.98. The highest BCUT2D eigenvalue weighted by molar-refractivity contribution is 9.10. The molecule has 1 aromatic heterocycles. The molecule has 0 bridgehead atoms. The van der Waals surface area contributed by atoms with Gasteiger partial charge in [-0.1, -0.05) is 6.92 Å². The van der Waals surface area contributed by atoms with Gasteiger partial charge >= 0.3 is 0 Å². The third-order valence-electron chi connectivity index (χ3n) is 1.85. The lowest BCUT2D eigenvalue weighted by Crippen LogP contribution is -2.23. The Morgan fingerprint density at radius 2 is 2.29 bits per heavy atom. The van der Waals surface area contributed by atoms with Crippen LogP contribution in [0.4, 0.5) is 0 Å². The van der Waals surface area contributed by atoms with Crippen molar-refractivity contribution in [1.82, 2.24) is 4.57 Å². The number of pyridine rings is 1. The Kier molecular flexibility index (Phi) is 4.07. The van der Waals surface area contributed by atoms with Crippen LogP contribution in [0, 0.1) is 0 Å². The van der Waals surface area contributed by atoms with E-state index >= 15 is 0 Å². The Bertz CT molecular complexity index is 384. The van der Waals surface area contributed by atoms with Gasteiger partial charge in [-0.15, -0.1) is 0 Å². The largest absolute Gasteiger partial charge is 0.307 e. The standard InChI is InChI=1S/C10H12BrNO2/c1-2-4-8(13)7-12-6-3-5-9(11)10(12)14/h3,5-6H,2,4,7H2,1H3. The Morgan fingerprint density at radius 3 is 2.93 bits per heavy atom. The first-order valence-corrected chi connectivity index (χ1v) is 5.31. The summed E-state index contributed by atoms with van der Waals surface area (Å²) in [5.41, 5.74) is -0.156. The Morgan fingerprint density at radius 1 is 1.57 bits per heavy atom. The van der Waals surface area contributed by atoms with Crippen LogP contribution in [0.25, 0.3) is 0 Å². The zero-order valence-electron chi connectivity index (χ0n) is 8.00. The fourth-order valence-corrected chi connectivity index (χ4v) is 1.56. The molecule has 0 saturated carbocycles. The zero-order valence-corrected chi connectivity index (χ0v) is 9.58. The number of hydrogen-bond acceptors (Lipinski definition) is 2. The van der Waals surface area contributed by atoms with Crippen LogP contribution < -0.4 is 5.56 Å². The van der Waals surface area contributed by atoms with Crippen LogP contribution >= 0.6 is 15.9 Å². The molecular formula is C10H12BrNO2. The van der Waals surface area contributed by atoms with Crippen LogP contribution in [0.2, 0.25) is 0 Å². The van der Waals surface area contributed by atoms with E-state index in [9.17, 15) is 9.59 Å². The van der Waals surface area contributed by atoms with Crippen LogP contribution in [-0.2, 0) is 11.3 Å². The highest BCUT2D eigenvalue weighted by Crippen LogP contribution is 2.01. The average Bonchev–Trinajstić information content (AvgIpc) is 2.13. The molecule has 0 aliphatic rings. The topological polar surface area (TPSA) is 39.1 Å². The van der Waals surface area contributed by atoms with E-state index in [4.69, 9.17) is 0 Å². The van der Waals surface area contributed by atoms with E-state index in [-0.39, 0.29) is 17.9 Å². The molecule has 0 aliphatic carbocycles. The maximum absolute atomic E-state index is 11.5. The quantitative estimate of drug-likeness (QED) is 0.828. The van der Waals surface area contributed by atoms with Crippen LogP contribution in [0.15, 0.2) is 27.6 Å². The minimum absolute atomic E-state index is 0.0905. The molecule has 4 heteroatoms. The van der Waals surface area contributed by atoms with Crippen molar-refractivity contribution in [2.75, 3.05) is 0 Å². The molecule has 0 aromatic carbocycles. The van der Waals surface area contributed by atoms with Gasteiger partial charge in [-0.05, 0) is 34.5 Å². The SMILES string of the molecule is CCCC(=O)Cn1cccc(Br)c1=O. The van der Waals surface area contributed by atoms with E-state index in [0.29, 0.717) is 10.9 Å². The van der Waals surface area contributed by atoms with Crippen molar-refractivity contribution in [2.24, 2.45) is 0 Å². The number of carbonyl (C=O) groups is 1. The number of aromatic nitrogens is 1. The first-order valence-electron chi connectivity index (χ1n) is 4.51. The highest BCUT2D eigenvalue weighted by atomic mass is 79.9. The van der Waals surface area contributed by atoms with Crippen LogP contribution in [0.5, 0.6) is 0 Å². The van der Waals surface area contributed by atoms with E-state index in [1.54, 1.807) is 18.3 Å². The summed E-state index contributed by atoms with van der Waals surface area (Å²) in [5.74, 6) is 0.0905. The predicted molar refractivity (Wildman–Crippen MR) is 58.3 cm³/mol. The van der Waals surface area contributed by atoms with Crippen molar-refractivity contribution < 1.29 is 4.79 Å². The molecular weight excluding hydrogens is 246 g/mol. The van der Waals surface area contributed by atoms with Gasteiger partial charge in [-0.2, -0.15) is 0 Å². The van der Waals surface area contributed by atoms with Gasteiger partial charge in [0, 0.05) is 12.6 Å². The molecule has 1 aromatic rings. The summed E-state index contributed by atoms with van der Waals surface area (Å²) < 4.78 is 1.91. The molecule has 0 N–H and O–H groups in total. The molecule has 1 heterocycles. The first-order chi connectivity index (χ1) is 6.65. The van der Waals surface area contributed by atoms with Gasteiger partial charge in [0.25, 0.3) is 5.56 Å². The first kappa shape index (κ1) is 11.2. The summed E-state index contributed by atoms with van der Waals surface area (Å²) in [5, 5.41) is 0. The smallest absolute Gasteiger partial charge is 0.265 e. The lowest BCUT2D eigenvalue weighted by molar-refractivity contribution is -0.119. The number of halogens is 1. The third-order valence-corrected chi connectivity index (χ3v) is 2.45. The maximum atomic E-state index is 11.5. The molecule has 0 radical (unpaired) electrons. The fraction of sp³-hybridized carbons (Fsp3) is 0.400. The summed E-state index contributed by atoms with van der Waals surface area (Å²) in [4.78, 5) is 22.8. The molecule has 0 fully saturated rings. The average molecular weight is 258 g/mol. The Hall–Kier alpha value is -0.900. The lowest BCUT2D eigenvalue weighted by atomic mass is 10.2. The van der Waals surface area contributed by atoms with Crippen LogP contribution in [0.3, 0.4) is 0 Å². The molecule has 1 rings (SSSR count). The van der Waals surface area contributed by atoms with Gasteiger partial charge in [0.15, 0.2) is 5.78 Å². The number of rotatable bonds is 4.